The topological polar surface area (TPSA) is 72.8 Å². The summed E-state index contributed by atoms with van der Waals surface area (Å²) in [4.78, 5) is 21.8. The Morgan fingerprint density at radius 3 is 2.25 bits per heavy atom. The third-order valence-electron chi connectivity index (χ3n) is 2.39. The van der Waals surface area contributed by atoms with Gasteiger partial charge in [0, 0.05) is 5.57 Å². The number of hydrogen-bond acceptors (Lipinski definition) is 4. The van der Waals surface area contributed by atoms with Gasteiger partial charge in [0.15, 0.2) is 0 Å². The van der Waals surface area contributed by atoms with Crippen LogP contribution in [-0.2, 0) is 14.3 Å². The number of benzene rings is 1. The zero-order valence-electron chi connectivity index (χ0n) is 11.2. The van der Waals surface area contributed by atoms with Gasteiger partial charge in [-0.25, -0.2) is 9.59 Å². The minimum Gasteiger partial charge on any atom is -0.490 e. The SMILES string of the molecule is C=C(C)C(=O)OCCOc1ccc(C(=C)C(=O)O)cc1. The van der Waals surface area contributed by atoms with Crippen LogP contribution in [0.15, 0.2) is 43.0 Å². The predicted molar refractivity (Wildman–Crippen MR) is 74.4 cm³/mol. The highest BCUT2D eigenvalue weighted by molar-refractivity contribution is 6.14. The van der Waals surface area contributed by atoms with Crippen molar-refractivity contribution in [3.05, 3.63) is 48.6 Å². The Morgan fingerprint density at radius 1 is 1.15 bits per heavy atom. The molecule has 0 radical (unpaired) electrons. The third-order valence-corrected chi connectivity index (χ3v) is 2.39. The Labute approximate surface area is 117 Å². The Balaban J connectivity index is 2.43. The zero-order valence-corrected chi connectivity index (χ0v) is 11.2. The molecule has 0 aliphatic carbocycles. The highest BCUT2D eigenvalue weighted by Gasteiger charge is 2.07. The van der Waals surface area contributed by atoms with Crippen LogP contribution in [0.1, 0.15) is 12.5 Å². The lowest BCUT2D eigenvalue weighted by Crippen LogP contribution is -2.12. The molecule has 1 aromatic carbocycles. The summed E-state index contributed by atoms with van der Waals surface area (Å²) in [6.45, 7) is 8.81. The number of ether oxygens (including phenoxy) is 2. The summed E-state index contributed by atoms with van der Waals surface area (Å²) in [5.74, 6) is -0.967. The van der Waals surface area contributed by atoms with Gasteiger partial charge in [0.25, 0.3) is 0 Å². The highest BCUT2D eigenvalue weighted by atomic mass is 16.6. The van der Waals surface area contributed by atoms with E-state index in [1.165, 1.54) is 0 Å². The van der Waals surface area contributed by atoms with Gasteiger partial charge < -0.3 is 14.6 Å². The van der Waals surface area contributed by atoms with Crippen molar-refractivity contribution in [2.75, 3.05) is 13.2 Å². The number of rotatable bonds is 7. The molecule has 1 rings (SSSR count). The normalized spacial score (nSPS) is 9.65. The molecule has 0 atom stereocenters. The van der Waals surface area contributed by atoms with Gasteiger partial charge in [-0.2, -0.15) is 0 Å². The standard InChI is InChI=1S/C15H16O5/c1-10(2)15(18)20-9-8-19-13-6-4-12(5-7-13)11(3)14(16)17/h4-7H,1,3,8-9H2,2H3,(H,16,17). The summed E-state index contributed by atoms with van der Waals surface area (Å²) < 4.78 is 10.2. The molecule has 0 unspecified atom stereocenters. The van der Waals surface area contributed by atoms with Crippen molar-refractivity contribution >= 4 is 17.5 Å². The van der Waals surface area contributed by atoms with Gasteiger partial charge in [0.1, 0.15) is 19.0 Å². The molecule has 5 heteroatoms. The maximum Gasteiger partial charge on any atom is 0.335 e. The van der Waals surface area contributed by atoms with E-state index in [2.05, 4.69) is 13.2 Å². The van der Waals surface area contributed by atoms with E-state index in [0.29, 0.717) is 16.9 Å². The Bertz CT molecular complexity index is 528. The van der Waals surface area contributed by atoms with Gasteiger partial charge >= 0.3 is 11.9 Å². The minimum absolute atomic E-state index is 0.0203. The summed E-state index contributed by atoms with van der Waals surface area (Å²) in [5.41, 5.74) is 0.868. The second-order valence-electron chi connectivity index (χ2n) is 4.07. The summed E-state index contributed by atoms with van der Waals surface area (Å²) in [7, 11) is 0. The predicted octanol–water partition coefficient (Wildman–Crippen LogP) is 2.28. The fourth-order valence-electron chi connectivity index (χ4n) is 1.29. The maximum atomic E-state index is 11.1. The molecule has 106 valence electrons. The minimum atomic E-state index is -1.06. The summed E-state index contributed by atoms with van der Waals surface area (Å²) in [5, 5.41) is 8.79. The molecule has 0 aromatic heterocycles. The van der Waals surface area contributed by atoms with E-state index in [0.717, 1.165) is 0 Å². The molecule has 1 aromatic rings. The molecule has 1 N–H and O–H groups in total. The first-order valence-corrected chi connectivity index (χ1v) is 5.90. The summed E-state index contributed by atoms with van der Waals surface area (Å²) in [6.07, 6.45) is 0. The number of carboxylic acids is 1. The van der Waals surface area contributed by atoms with E-state index < -0.39 is 11.9 Å². The van der Waals surface area contributed by atoms with Gasteiger partial charge in [0.05, 0.1) is 5.57 Å². The van der Waals surface area contributed by atoms with Crippen molar-refractivity contribution in [1.29, 1.82) is 0 Å². The van der Waals surface area contributed by atoms with E-state index in [1.54, 1.807) is 31.2 Å². The lowest BCUT2D eigenvalue weighted by molar-refractivity contribution is -0.139. The monoisotopic (exact) mass is 276 g/mol. The Hall–Kier alpha value is -2.56. The molecule has 0 bridgehead atoms. The number of esters is 1. The molecular formula is C15H16O5. The first kappa shape index (κ1) is 15.5. The number of hydrogen-bond donors (Lipinski definition) is 1. The highest BCUT2D eigenvalue weighted by Crippen LogP contribution is 2.17. The van der Waals surface area contributed by atoms with Crippen molar-refractivity contribution in [2.24, 2.45) is 0 Å². The van der Waals surface area contributed by atoms with E-state index in [9.17, 15) is 9.59 Å². The molecule has 0 heterocycles. The molecule has 0 spiro atoms. The van der Waals surface area contributed by atoms with Crippen LogP contribution in [0.2, 0.25) is 0 Å². The first-order valence-electron chi connectivity index (χ1n) is 5.90. The quantitative estimate of drug-likeness (QED) is 0.470. The Kier molecular flexibility index (Phi) is 5.53. The van der Waals surface area contributed by atoms with E-state index in [4.69, 9.17) is 14.6 Å². The summed E-state index contributed by atoms with van der Waals surface area (Å²) in [6, 6.07) is 6.46. The van der Waals surface area contributed by atoms with E-state index in [-0.39, 0.29) is 18.8 Å². The van der Waals surface area contributed by atoms with E-state index >= 15 is 0 Å². The maximum absolute atomic E-state index is 11.1. The van der Waals surface area contributed by atoms with Crippen LogP contribution in [-0.4, -0.2) is 30.3 Å². The van der Waals surface area contributed by atoms with Crippen molar-refractivity contribution in [1.82, 2.24) is 0 Å². The summed E-state index contributed by atoms with van der Waals surface area (Å²) >= 11 is 0. The lowest BCUT2D eigenvalue weighted by atomic mass is 10.1. The third kappa shape index (κ3) is 4.61. The van der Waals surface area contributed by atoms with Crippen molar-refractivity contribution in [3.63, 3.8) is 0 Å². The molecule has 0 saturated heterocycles. The molecule has 5 nitrogen and oxygen atoms in total. The van der Waals surface area contributed by atoms with Gasteiger partial charge in [0.2, 0.25) is 0 Å². The van der Waals surface area contributed by atoms with Crippen LogP contribution in [0.5, 0.6) is 5.75 Å². The second-order valence-corrected chi connectivity index (χ2v) is 4.07. The number of carboxylic acid groups (broad SMARTS) is 1. The number of carbonyl (C=O) groups is 2. The van der Waals surface area contributed by atoms with Gasteiger partial charge in [-0.05, 0) is 24.6 Å². The lowest BCUT2D eigenvalue weighted by Gasteiger charge is -2.08. The molecule has 20 heavy (non-hydrogen) atoms. The van der Waals surface area contributed by atoms with Crippen LogP contribution in [0.25, 0.3) is 5.57 Å². The average Bonchev–Trinajstić information content (AvgIpc) is 2.43. The van der Waals surface area contributed by atoms with Crippen molar-refractivity contribution in [2.45, 2.75) is 6.92 Å². The van der Waals surface area contributed by atoms with Gasteiger partial charge in [-0.3, -0.25) is 0 Å². The van der Waals surface area contributed by atoms with Gasteiger partial charge in [-0.1, -0.05) is 25.3 Å². The second kappa shape index (κ2) is 7.13. The Morgan fingerprint density at radius 2 is 1.75 bits per heavy atom. The van der Waals surface area contributed by atoms with E-state index in [1.807, 2.05) is 0 Å². The largest absolute Gasteiger partial charge is 0.490 e. The van der Waals surface area contributed by atoms with Crippen LogP contribution in [0.4, 0.5) is 0 Å². The first-order chi connectivity index (χ1) is 9.41. The smallest absolute Gasteiger partial charge is 0.335 e. The fourth-order valence-corrected chi connectivity index (χ4v) is 1.29. The van der Waals surface area contributed by atoms with Gasteiger partial charge in [-0.15, -0.1) is 0 Å². The molecule has 0 aliphatic heterocycles. The van der Waals surface area contributed by atoms with Crippen LogP contribution in [0.3, 0.4) is 0 Å². The molecule has 0 fully saturated rings. The van der Waals surface area contributed by atoms with Crippen molar-refractivity contribution < 1.29 is 24.2 Å². The van der Waals surface area contributed by atoms with Crippen LogP contribution in [0, 0.1) is 0 Å². The number of aliphatic carboxylic acids is 1. The van der Waals surface area contributed by atoms with Crippen molar-refractivity contribution in [3.8, 4) is 5.75 Å². The van der Waals surface area contributed by atoms with Crippen LogP contribution >= 0.6 is 0 Å². The molecule has 0 amide bonds. The number of carbonyl (C=O) groups excluding carboxylic acids is 1. The molecular weight excluding hydrogens is 260 g/mol. The molecule has 0 aliphatic rings. The zero-order chi connectivity index (χ0) is 15.1. The van der Waals surface area contributed by atoms with Crippen LogP contribution < -0.4 is 4.74 Å². The average molecular weight is 276 g/mol. The fraction of sp³-hybridized carbons (Fsp3) is 0.200. The molecule has 0 saturated carbocycles.